The maximum atomic E-state index is 10.8. The predicted molar refractivity (Wildman–Crippen MR) is 40.9 cm³/mol. The highest BCUT2D eigenvalue weighted by molar-refractivity contribution is 6.19. The number of esters is 1. The van der Waals surface area contributed by atoms with Crippen LogP contribution >= 0.6 is 11.6 Å². The molecule has 3 heteroatoms. The highest BCUT2D eigenvalue weighted by atomic mass is 35.5. The van der Waals surface area contributed by atoms with Gasteiger partial charge in [-0.1, -0.05) is 25.4 Å². The van der Waals surface area contributed by atoms with Crippen LogP contribution in [-0.2, 0) is 9.53 Å². The summed E-state index contributed by atoms with van der Waals surface area (Å²) in [5, 5.41) is 0. The van der Waals surface area contributed by atoms with Crippen molar-refractivity contribution in [1.82, 2.24) is 0 Å². The zero-order chi connectivity index (χ0) is 8.15. The second kappa shape index (κ2) is 4.56. The fourth-order valence-corrected chi connectivity index (χ4v) is 0.662. The van der Waals surface area contributed by atoms with Crippen molar-refractivity contribution in [2.24, 2.45) is 5.92 Å². The summed E-state index contributed by atoms with van der Waals surface area (Å²) in [5.74, 6) is 0.111. The van der Waals surface area contributed by atoms with Crippen LogP contribution in [0.1, 0.15) is 27.2 Å². The molecule has 0 saturated heterocycles. The Balaban J connectivity index is 3.44. The summed E-state index contributed by atoms with van der Waals surface area (Å²) in [7, 11) is 0. The number of carbonyl (C=O) groups is 1. The van der Waals surface area contributed by atoms with E-state index in [0.717, 1.165) is 0 Å². The first-order valence-electron chi connectivity index (χ1n) is 3.36. The van der Waals surface area contributed by atoms with Gasteiger partial charge in [0.15, 0.2) is 5.56 Å². The number of alkyl halides is 1. The highest BCUT2D eigenvalue weighted by Gasteiger charge is 2.07. The molecule has 10 heavy (non-hydrogen) atoms. The molecule has 0 amide bonds. The largest absolute Gasteiger partial charge is 0.446 e. The number of ether oxygens (including phenoxy) is 1. The molecule has 0 unspecified atom stereocenters. The van der Waals surface area contributed by atoms with Crippen molar-refractivity contribution >= 4 is 17.6 Å². The van der Waals surface area contributed by atoms with Gasteiger partial charge in [0.05, 0.1) is 0 Å². The average molecular weight is 165 g/mol. The van der Waals surface area contributed by atoms with Crippen LogP contribution in [0, 0.1) is 5.92 Å². The van der Waals surface area contributed by atoms with E-state index in [0.29, 0.717) is 12.3 Å². The summed E-state index contributed by atoms with van der Waals surface area (Å²) < 4.78 is 4.69. The van der Waals surface area contributed by atoms with Gasteiger partial charge in [0.25, 0.3) is 0 Å². The molecular weight excluding hydrogens is 152 g/mol. The van der Waals surface area contributed by atoms with Crippen LogP contribution in [0.4, 0.5) is 0 Å². The van der Waals surface area contributed by atoms with Crippen molar-refractivity contribution < 1.29 is 9.53 Å². The van der Waals surface area contributed by atoms with Crippen molar-refractivity contribution in [2.75, 3.05) is 0 Å². The molecule has 0 saturated carbocycles. The van der Waals surface area contributed by atoms with Crippen molar-refractivity contribution in [3.63, 3.8) is 0 Å². The molecule has 1 atom stereocenters. The Morgan fingerprint density at radius 2 is 2.00 bits per heavy atom. The van der Waals surface area contributed by atoms with E-state index in [2.05, 4.69) is 4.74 Å². The van der Waals surface area contributed by atoms with E-state index in [1.54, 1.807) is 6.92 Å². The third-order valence-corrected chi connectivity index (χ3v) is 0.958. The minimum atomic E-state index is -0.508. The lowest BCUT2D eigenvalue weighted by atomic mass is 10.1. The summed E-state index contributed by atoms with van der Waals surface area (Å²) in [5.41, 5.74) is -0.508. The number of hydrogen-bond acceptors (Lipinski definition) is 2. The molecule has 0 radical (unpaired) electrons. The second-order valence-corrected chi connectivity index (χ2v) is 3.25. The van der Waals surface area contributed by atoms with Gasteiger partial charge in [-0.25, -0.2) is 0 Å². The van der Waals surface area contributed by atoms with Crippen molar-refractivity contribution in [1.29, 1.82) is 0 Å². The minimum Gasteiger partial charge on any atom is -0.446 e. The molecule has 0 spiro atoms. The number of rotatable bonds is 3. The first kappa shape index (κ1) is 9.76. The fourth-order valence-electron chi connectivity index (χ4n) is 0.563. The third-order valence-electron chi connectivity index (χ3n) is 0.869. The van der Waals surface area contributed by atoms with Crippen LogP contribution in [0.25, 0.3) is 0 Å². The number of halogens is 1. The molecule has 0 aromatic rings. The Hall–Kier alpha value is -0.240. The second-order valence-electron chi connectivity index (χ2n) is 2.63. The van der Waals surface area contributed by atoms with Gasteiger partial charge < -0.3 is 4.74 Å². The van der Waals surface area contributed by atoms with Gasteiger partial charge in [0.2, 0.25) is 0 Å². The third kappa shape index (κ3) is 5.89. The normalized spacial score (nSPS) is 13.3. The molecule has 60 valence electrons. The van der Waals surface area contributed by atoms with Gasteiger partial charge in [-0.15, -0.1) is 0 Å². The highest BCUT2D eigenvalue weighted by Crippen LogP contribution is 2.04. The van der Waals surface area contributed by atoms with Crippen LogP contribution in [0.5, 0.6) is 0 Å². The van der Waals surface area contributed by atoms with Gasteiger partial charge in [0.1, 0.15) is 0 Å². The molecule has 0 N–H and O–H groups in total. The van der Waals surface area contributed by atoms with Gasteiger partial charge >= 0.3 is 5.97 Å². The van der Waals surface area contributed by atoms with E-state index in [4.69, 9.17) is 11.6 Å². The molecule has 0 fully saturated rings. The zero-order valence-electron chi connectivity index (χ0n) is 6.56. The first-order chi connectivity index (χ1) is 4.52. The van der Waals surface area contributed by atoms with Crippen molar-refractivity contribution in [3.05, 3.63) is 0 Å². The smallest absolute Gasteiger partial charge is 0.307 e. The maximum Gasteiger partial charge on any atom is 0.307 e. The van der Waals surface area contributed by atoms with Crippen LogP contribution in [0.3, 0.4) is 0 Å². The quantitative estimate of drug-likeness (QED) is 0.472. The minimum absolute atomic E-state index is 0.225. The number of hydrogen-bond donors (Lipinski definition) is 0. The Morgan fingerprint density at radius 1 is 1.50 bits per heavy atom. The van der Waals surface area contributed by atoms with Crippen LogP contribution in [0.2, 0.25) is 0 Å². The van der Waals surface area contributed by atoms with Gasteiger partial charge in [-0.05, 0) is 12.8 Å². The maximum absolute atomic E-state index is 10.8. The summed E-state index contributed by atoms with van der Waals surface area (Å²) >= 11 is 5.41. The van der Waals surface area contributed by atoms with Crippen molar-refractivity contribution in [2.45, 2.75) is 32.8 Å². The molecule has 0 rings (SSSR count). The van der Waals surface area contributed by atoms with Gasteiger partial charge in [-0.2, -0.15) is 0 Å². The van der Waals surface area contributed by atoms with Crippen LogP contribution < -0.4 is 0 Å². The monoisotopic (exact) mass is 164 g/mol. The summed E-state index contributed by atoms with van der Waals surface area (Å²) in [6.45, 7) is 5.54. The molecule has 0 heterocycles. The van der Waals surface area contributed by atoms with Crippen LogP contribution in [-0.4, -0.2) is 11.5 Å². The Bertz CT molecular complexity index is 98.2. The molecular formula is C7H13ClO2. The molecule has 0 aliphatic carbocycles. The van der Waals surface area contributed by atoms with E-state index in [1.807, 2.05) is 13.8 Å². The summed E-state index contributed by atoms with van der Waals surface area (Å²) in [4.78, 5) is 10.8. The fraction of sp³-hybridized carbons (Fsp3) is 0.857. The molecule has 0 bridgehead atoms. The Labute approximate surface area is 66.5 Å². The van der Waals surface area contributed by atoms with Gasteiger partial charge in [-0.3, -0.25) is 4.79 Å². The number of carbonyl (C=O) groups excluding carboxylic acids is 1. The zero-order valence-corrected chi connectivity index (χ0v) is 7.31. The Morgan fingerprint density at radius 3 is 2.30 bits per heavy atom. The SMILES string of the molecule is CC(C)CC(=O)O[C@@H](C)Cl. The van der Waals surface area contributed by atoms with E-state index in [-0.39, 0.29) is 5.97 Å². The van der Waals surface area contributed by atoms with Crippen LogP contribution in [0.15, 0.2) is 0 Å². The molecule has 2 nitrogen and oxygen atoms in total. The summed E-state index contributed by atoms with van der Waals surface area (Å²) in [6, 6.07) is 0. The van der Waals surface area contributed by atoms with E-state index >= 15 is 0 Å². The predicted octanol–water partition coefficient (Wildman–Crippen LogP) is 2.16. The molecule has 0 aliphatic heterocycles. The standard InChI is InChI=1S/C7H13ClO2/c1-5(2)4-7(9)10-6(3)8/h5-6H,4H2,1-3H3/t6-/m0/s1. The van der Waals surface area contributed by atoms with Gasteiger partial charge in [0, 0.05) is 6.42 Å². The van der Waals surface area contributed by atoms with Crippen molar-refractivity contribution in [3.8, 4) is 0 Å². The first-order valence-corrected chi connectivity index (χ1v) is 3.79. The molecule has 0 aliphatic rings. The lowest BCUT2D eigenvalue weighted by Gasteiger charge is -2.06. The summed E-state index contributed by atoms with van der Waals surface area (Å²) in [6.07, 6.45) is 0.442. The lowest BCUT2D eigenvalue weighted by Crippen LogP contribution is -2.11. The van der Waals surface area contributed by atoms with E-state index < -0.39 is 5.56 Å². The van der Waals surface area contributed by atoms with E-state index in [1.165, 1.54) is 0 Å². The molecule has 0 aromatic carbocycles. The topological polar surface area (TPSA) is 26.3 Å². The molecule has 0 aromatic heterocycles. The lowest BCUT2D eigenvalue weighted by molar-refractivity contribution is -0.145. The van der Waals surface area contributed by atoms with E-state index in [9.17, 15) is 4.79 Å². The Kier molecular flexibility index (Phi) is 4.45. The average Bonchev–Trinajstić information content (AvgIpc) is 1.58.